The fourth-order valence-electron chi connectivity index (χ4n) is 1.87. The second-order valence-electron chi connectivity index (χ2n) is 4.56. The SMILES string of the molecule is CC(N)CC(=O)NCc1ccccc1-n1ccnc1.Cl. The fraction of sp³-hybridized carbons (Fsp3) is 0.286. The Labute approximate surface area is 124 Å². The van der Waals surface area contributed by atoms with Gasteiger partial charge in [-0.25, -0.2) is 4.98 Å². The zero-order valence-electron chi connectivity index (χ0n) is 11.3. The Balaban J connectivity index is 0.00000200. The van der Waals surface area contributed by atoms with Crippen molar-refractivity contribution in [3.63, 3.8) is 0 Å². The van der Waals surface area contributed by atoms with Crippen molar-refractivity contribution in [2.45, 2.75) is 25.9 Å². The number of carbonyl (C=O) groups is 1. The van der Waals surface area contributed by atoms with Crippen LogP contribution in [0.25, 0.3) is 5.69 Å². The van der Waals surface area contributed by atoms with Gasteiger partial charge in [-0.15, -0.1) is 12.4 Å². The number of imidazole rings is 1. The van der Waals surface area contributed by atoms with Gasteiger partial charge < -0.3 is 15.6 Å². The number of rotatable bonds is 5. The number of nitrogens with zero attached hydrogens (tertiary/aromatic N) is 2. The lowest BCUT2D eigenvalue weighted by Gasteiger charge is -2.12. The van der Waals surface area contributed by atoms with E-state index in [4.69, 9.17) is 5.73 Å². The minimum absolute atomic E-state index is 0. The lowest BCUT2D eigenvalue weighted by Crippen LogP contribution is -2.29. The molecule has 0 aliphatic carbocycles. The highest BCUT2D eigenvalue weighted by atomic mass is 35.5. The van der Waals surface area contributed by atoms with Crippen molar-refractivity contribution in [2.75, 3.05) is 0 Å². The second-order valence-corrected chi connectivity index (χ2v) is 4.56. The van der Waals surface area contributed by atoms with Gasteiger partial charge in [0.15, 0.2) is 0 Å². The quantitative estimate of drug-likeness (QED) is 0.880. The van der Waals surface area contributed by atoms with E-state index in [0.717, 1.165) is 11.3 Å². The summed E-state index contributed by atoms with van der Waals surface area (Å²) < 4.78 is 1.92. The molecule has 20 heavy (non-hydrogen) atoms. The smallest absolute Gasteiger partial charge is 0.221 e. The van der Waals surface area contributed by atoms with E-state index >= 15 is 0 Å². The predicted molar refractivity (Wildman–Crippen MR) is 80.9 cm³/mol. The summed E-state index contributed by atoms with van der Waals surface area (Å²) in [5.41, 5.74) is 7.65. The highest BCUT2D eigenvalue weighted by Crippen LogP contribution is 2.13. The molecule has 2 aromatic rings. The van der Waals surface area contributed by atoms with Crippen LogP contribution < -0.4 is 11.1 Å². The summed E-state index contributed by atoms with van der Waals surface area (Å²) in [6.07, 6.45) is 5.68. The third-order valence-electron chi connectivity index (χ3n) is 2.76. The van der Waals surface area contributed by atoms with Gasteiger partial charge in [-0.2, -0.15) is 0 Å². The molecule has 0 radical (unpaired) electrons. The van der Waals surface area contributed by atoms with Gasteiger partial charge in [0.2, 0.25) is 5.91 Å². The normalized spacial score (nSPS) is 11.5. The third-order valence-corrected chi connectivity index (χ3v) is 2.76. The first kappa shape index (κ1) is 16.2. The van der Waals surface area contributed by atoms with Gasteiger partial charge in [-0.1, -0.05) is 18.2 Å². The molecule has 1 aromatic heterocycles. The van der Waals surface area contributed by atoms with Gasteiger partial charge in [0.05, 0.1) is 12.0 Å². The Morgan fingerprint density at radius 2 is 2.20 bits per heavy atom. The first-order valence-corrected chi connectivity index (χ1v) is 6.25. The molecule has 0 spiro atoms. The first-order chi connectivity index (χ1) is 9.16. The molecule has 1 amide bonds. The number of halogens is 1. The number of hydrogen-bond donors (Lipinski definition) is 2. The summed E-state index contributed by atoms with van der Waals surface area (Å²) in [4.78, 5) is 15.6. The van der Waals surface area contributed by atoms with Gasteiger partial charge in [-0.05, 0) is 18.6 Å². The van der Waals surface area contributed by atoms with Crippen LogP contribution in [-0.4, -0.2) is 21.5 Å². The van der Waals surface area contributed by atoms with Crippen molar-refractivity contribution in [2.24, 2.45) is 5.73 Å². The maximum atomic E-state index is 11.6. The van der Waals surface area contributed by atoms with Crippen molar-refractivity contribution in [3.8, 4) is 5.69 Å². The number of carbonyl (C=O) groups excluding carboxylic acids is 1. The molecule has 6 heteroatoms. The van der Waals surface area contributed by atoms with E-state index in [1.54, 1.807) is 12.5 Å². The van der Waals surface area contributed by atoms with Crippen LogP contribution >= 0.6 is 12.4 Å². The molecule has 1 atom stereocenters. The number of para-hydroxylation sites is 1. The molecule has 2 rings (SSSR count). The lowest BCUT2D eigenvalue weighted by atomic mass is 10.1. The molecule has 108 valence electrons. The number of hydrogen-bond acceptors (Lipinski definition) is 3. The van der Waals surface area contributed by atoms with Crippen LogP contribution in [0.15, 0.2) is 43.0 Å². The number of nitrogens with two attached hydrogens (primary N) is 1. The van der Waals surface area contributed by atoms with Crippen molar-refractivity contribution in [3.05, 3.63) is 48.5 Å². The summed E-state index contributed by atoms with van der Waals surface area (Å²) >= 11 is 0. The molecule has 0 fully saturated rings. The monoisotopic (exact) mass is 294 g/mol. The summed E-state index contributed by atoms with van der Waals surface area (Å²) in [7, 11) is 0. The van der Waals surface area contributed by atoms with Gasteiger partial charge >= 0.3 is 0 Å². The molecule has 0 aliphatic rings. The molecule has 1 aromatic carbocycles. The molecular weight excluding hydrogens is 276 g/mol. The summed E-state index contributed by atoms with van der Waals surface area (Å²) in [5.74, 6) is -0.0320. The standard InChI is InChI=1S/C14H18N4O.ClH/c1-11(15)8-14(19)17-9-12-4-2-3-5-13(12)18-7-6-16-10-18;/h2-7,10-11H,8-9,15H2,1H3,(H,17,19);1H. The van der Waals surface area contributed by atoms with Gasteiger partial charge in [0.1, 0.15) is 0 Å². The molecule has 5 nitrogen and oxygen atoms in total. The molecule has 0 saturated heterocycles. The highest BCUT2D eigenvalue weighted by molar-refractivity contribution is 5.85. The fourth-order valence-corrected chi connectivity index (χ4v) is 1.87. The Morgan fingerprint density at radius 3 is 2.85 bits per heavy atom. The van der Waals surface area contributed by atoms with E-state index in [0.29, 0.717) is 13.0 Å². The van der Waals surface area contributed by atoms with Crippen LogP contribution in [0.5, 0.6) is 0 Å². The van der Waals surface area contributed by atoms with Crippen molar-refractivity contribution >= 4 is 18.3 Å². The molecule has 1 heterocycles. The van der Waals surface area contributed by atoms with Gasteiger partial charge in [0, 0.05) is 31.4 Å². The maximum absolute atomic E-state index is 11.6. The largest absolute Gasteiger partial charge is 0.352 e. The predicted octanol–water partition coefficient (Wildman–Crippen LogP) is 1.65. The van der Waals surface area contributed by atoms with E-state index in [9.17, 15) is 4.79 Å². The van der Waals surface area contributed by atoms with E-state index in [2.05, 4.69) is 10.3 Å². The van der Waals surface area contributed by atoms with Crippen LogP contribution in [0.3, 0.4) is 0 Å². The van der Waals surface area contributed by atoms with Gasteiger partial charge in [-0.3, -0.25) is 4.79 Å². The number of benzene rings is 1. The number of aromatic nitrogens is 2. The minimum Gasteiger partial charge on any atom is -0.352 e. The molecule has 0 bridgehead atoms. The zero-order chi connectivity index (χ0) is 13.7. The Bertz CT molecular complexity index is 540. The first-order valence-electron chi connectivity index (χ1n) is 6.25. The summed E-state index contributed by atoms with van der Waals surface area (Å²) in [5, 5.41) is 2.88. The molecule has 3 N–H and O–H groups in total. The summed E-state index contributed by atoms with van der Waals surface area (Å²) in [6, 6.07) is 7.77. The maximum Gasteiger partial charge on any atom is 0.221 e. The van der Waals surface area contributed by atoms with Crippen molar-refractivity contribution in [1.29, 1.82) is 0 Å². The van der Waals surface area contributed by atoms with Crippen LogP contribution in [0.1, 0.15) is 18.9 Å². The van der Waals surface area contributed by atoms with Gasteiger partial charge in [0.25, 0.3) is 0 Å². The number of nitrogens with one attached hydrogen (secondary N) is 1. The van der Waals surface area contributed by atoms with E-state index in [1.807, 2.05) is 42.0 Å². The topological polar surface area (TPSA) is 72.9 Å². The average molecular weight is 295 g/mol. The summed E-state index contributed by atoms with van der Waals surface area (Å²) in [6.45, 7) is 2.30. The van der Waals surface area contributed by atoms with Crippen molar-refractivity contribution < 1.29 is 4.79 Å². The van der Waals surface area contributed by atoms with Crippen LogP contribution in [0, 0.1) is 0 Å². The Hall–Kier alpha value is -1.85. The average Bonchev–Trinajstić information content (AvgIpc) is 2.89. The highest BCUT2D eigenvalue weighted by Gasteiger charge is 2.07. The van der Waals surface area contributed by atoms with E-state index in [1.165, 1.54) is 0 Å². The minimum atomic E-state index is -0.121. The Kier molecular flexibility index (Phi) is 6.21. The lowest BCUT2D eigenvalue weighted by molar-refractivity contribution is -0.121. The van der Waals surface area contributed by atoms with E-state index < -0.39 is 0 Å². The second kappa shape index (κ2) is 7.67. The molecule has 0 saturated carbocycles. The van der Waals surface area contributed by atoms with E-state index in [-0.39, 0.29) is 24.4 Å². The van der Waals surface area contributed by atoms with Crippen LogP contribution in [0.4, 0.5) is 0 Å². The van der Waals surface area contributed by atoms with Crippen LogP contribution in [-0.2, 0) is 11.3 Å². The van der Waals surface area contributed by atoms with Crippen molar-refractivity contribution in [1.82, 2.24) is 14.9 Å². The zero-order valence-corrected chi connectivity index (χ0v) is 12.1. The molecular formula is C14H19ClN4O. The molecule has 0 aliphatic heterocycles. The molecule has 1 unspecified atom stereocenters. The number of amides is 1. The third kappa shape index (κ3) is 4.36. The van der Waals surface area contributed by atoms with Crippen LogP contribution in [0.2, 0.25) is 0 Å². The Morgan fingerprint density at radius 1 is 1.45 bits per heavy atom.